The highest BCUT2D eigenvalue weighted by atomic mass is 32.2. The van der Waals surface area contributed by atoms with E-state index in [4.69, 9.17) is 10.2 Å². The lowest BCUT2D eigenvalue weighted by atomic mass is 10.3. The van der Waals surface area contributed by atoms with Gasteiger partial charge in [-0.15, -0.1) is 15.3 Å². The Morgan fingerprint density at radius 1 is 1.25 bits per heavy atom. The van der Waals surface area contributed by atoms with E-state index in [-0.39, 0.29) is 0 Å². The molecule has 4 heterocycles. The van der Waals surface area contributed by atoms with Gasteiger partial charge in [0.15, 0.2) is 10.1 Å². The quantitative estimate of drug-likeness (QED) is 0.557. The summed E-state index contributed by atoms with van der Waals surface area (Å²) in [5.74, 6) is 1.72. The topological polar surface area (TPSA) is 108 Å². The predicted octanol–water partition coefficient (Wildman–Crippen LogP) is 2.46. The first-order valence-electron chi connectivity index (χ1n) is 7.37. The molecule has 4 aromatic rings. The van der Waals surface area contributed by atoms with E-state index >= 15 is 0 Å². The number of hydrogen-bond donors (Lipinski definition) is 1. The molecule has 0 unspecified atom stereocenters. The molecule has 5 rings (SSSR count). The van der Waals surface area contributed by atoms with Gasteiger partial charge in [0.05, 0.1) is 12.0 Å². The molecule has 0 amide bonds. The van der Waals surface area contributed by atoms with Gasteiger partial charge in [0, 0.05) is 5.56 Å². The lowest BCUT2D eigenvalue weighted by molar-refractivity contribution is 0.577. The molecule has 1 aliphatic rings. The molecule has 1 aliphatic carbocycles. The smallest absolute Gasteiger partial charge is 0.254 e. The lowest BCUT2D eigenvalue weighted by Crippen LogP contribution is -2.02. The number of aryl methyl sites for hydroxylation is 1. The van der Waals surface area contributed by atoms with Gasteiger partial charge < -0.3 is 10.2 Å². The zero-order valence-corrected chi connectivity index (χ0v) is 14.0. The van der Waals surface area contributed by atoms with E-state index in [1.807, 2.05) is 12.1 Å². The number of hydrogen-bond acceptors (Lipinski definition) is 9. The van der Waals surface area contributed by atoms with Crippen LogP contribution in [-0.2, 0) is 12.8 Å². The van der Waals surface area contributed by atoms with Crippen molar-refractivity contribution in [1.29, 1.82) is 0 Å². The van der Waals surface area contributed by atoms with Gasteiger partial charge in [-0.1, -0.05) is 11.3 Å². The molecule has 0 bridgehead atoms. The summed E-state index contributed by atoms with van der Waals surface area (Å²) in [7, 11) is 0. The molecule has 4 aromatic heterocycles. The van der Waals surface area contributed by atoms with Crippen molar-refractivity contribution >= 4 is 34.0 Å². The van der Waals surface area contributed by atoms with Crippen molar-refractivity contribution in [3.05, 3.63) is 29.7 Å². The Labute approximate surface area is 144 Å². The summed E-state index contributed by atoms with van der Waals surface area (Å²) in [5.41, 5.74) is 7.99. The van der Waals surface area contributed by atoms with Crippen molar-refractivity contribution in [2.24, 2.45) is 0 Å². The van der Waals surface area contributed by atoms with Gasteiger partial charge in [0.1, 0.15) is 5.03 Å². The first kappa shape index (κ1) is 13.9. The third kappa shape index (κ3) is 2.18. The molecule has 0 radical (unpaired) electrons. The minimum atomic E-state index is 0.453. The van der Waals surface area contributed by atoms with E-state index in [0.29, 0.717) is 22.5 Å². The Bertz CT molecular complexity index is 1040. The molecule has 24 heavy (non-hydrogen) atoms. The fourth-order valence-corrected chi connectivity index (χ4v) is 4.60. The molecule has 2 N–H and O–H groups in total. The summed E-state index contributed by atoms with van der Waals surface area (Å²) in [6, 6.07) is 3.65. The second kappa shape index (κ2) is 5.28. The predicted molar refractivity (Wildman–Crippen MR) is 89.0 cm³/mol. The summed E-state index contributed by atoms with van der Waals surface area (Å²) < 4.78 is 7.95. The van der Waals surface area contributed by atoms with Gasteiger partial charge in [0.25, 0.3) is 5.78 Å². The van der Waals surface area contributed by atoms with Crippen LogP contribution in [0.25, 0.3) is 17.4 Å². The van der Waals surface area contributed by atoms with E-state index in [1.165, 1.54) is 28.7 Å². The van der Waals surface area contributed by atoms with Crippen LogP contribution in [0.5, 0.6) is 0 Å². The maximum absolute atomic E-state index is 5.70. The van der Waals surface area contributed by atoms with Crippen LogP contribution >= 0.6 is 23.1 Å². The first-order chi connectivity index (χ1) is 11.8. The van der Waals surface area contributed by atoms with Crippen molar-refractivity contribution in [3.8, 4) is 11.6 Å². The highest BCUT2D eigenvalue weighted by Gasteiger charge is 2.24. The first-order valence-corrected chi connectivity index (χ1v) is 9.00. The fraction of sp³-hybridized carbons (Fsp3) is 0.214. The monoisotopic (exact) mass is 357 g/mol. The third-order valence-electron chi connectivity index (χ3n) is 3.81. The third-order valence-corrected chi connectivity index (χ3v) is 5.73. The zero-order valence-electron chi connectivity index (χ0n) is 12.3. The maximum atomic E-state index is 5.70. The number of nitrogens with two attached hydrogens (primary N) is 1. The van der Waals surface area contributed by atoms with E-state index in [0.717, 1.165) is 34.3 Å². The van der Waals surface area contributed by atoms with Crippen molar-refractivity contribution in [3.63, 3.8) is 0 Å². The summed E-state index contributed by atoms with van der Waals surface area (Å²) >= 11 is 2.87. The zero-order chi connectivity index (χ0) is 16.1. The number of anilines is 1. The fourth-order valence-electron chi connectivity index (χ4n) is 2.80. The number of rotatable bonds is 3. The average Bonchev–Trinajstić information content (AvgIpc) is 3.33. The number of nitrogens with zero attached hydrogens (tertiary/aromatic N) is 6. The van der Waals surface area contributed by atoms with Crippen LogP contribution in [0.4, 0.5) is 5.13 Å². The van der Waals surface area contributed by atoms with Crippen molar-refractivity contribution in [2.45, 2.75) is 28.6 Å². The summed E-state index contributed by atoms with van der Waals surface area (Å²) in [6.07, 6.45) is 4.63. The van der Waals surface area contributed by atoms with E-state index in [9.17, 15) is 0 Å². The van der Waals surface area contributed by atoms with Gasteiger partial charge in [-0.05, 0) is 43.2 Å². The Morgan fingerprint density at radius 3 is 3.00 bits per heavy atom. The SMILES string of the molecule is Nc1nnc(Sc2c3c(nc4nc(-c5ccco5)nn24)CCC3)s1. The second-order valence-corrected chi connectivity index (χ2v) is 7.57. The average molecular weight is 357 g/mol. The summed E-state index contributed by atoms with van der Waals surface area (Å²) in [4.78, 5) is 9.19. The molecule has 0 aliphatic heterocycles. The van der Waals surface area contributed by atoms with Gasteiger partial charge in [-0.2, -0.15) is 9.50 Å². The summed E-state index contributed by atoms with van der Waals surface area (Å²) in [6.45, 7) is 0. The molecule has 0 saturated heterocycles. The van der Waals surface area contributed by atoms with Crippen LogP contribution in [0.15, 0.2) is 32.2 Å². The Morgan fingerprint density at radius 2 is 2.21 bits per heavy atom. The minimum absolute atomic E-state index is 0.453. The standard InChI is InChI=1S/C14H11N7OS2/c15-12-18-19-14(24-12)23-11-7-3-1-4-8(7)16-13-17-10(20-21(11)13)9-5-2-6-22-9/h2,5-6H,1,3-4H2,(H2,15,18). The highest BCUT2D eigenvalue weighted by Crippen LogP contribution is 2.37. The Kier molecular flexibility index (Phi) is 3.06. The van der Waals surface area contributed by atoms with E-state index < -0.39 is 0 Å². The van der Waals surface area contributed by atoms with Crippen LogP contribution in [0, 0.1) is 0 Å². The van der Waals surface area contributed by atoms with Crippen LogP contribution < -0.4 is 5.73 Å². The van der Waals surface area contributed by atoms with E-state index in [2.05, 4.69) is 25.3 Å². The van der Waals surface area contributed by atoms with Crippen molar-refractivity contribution in [1.82, 2.24) is 29.8 Å². The Hall–Kier alpha value is -2.46. The molecule has 0 aromatic carbocycles. The molecule has 10 heteroatoms. The lowest BCUT2D eigenvalue weighted by Gasteiger charge is -2.07. The number of nitrogen functional groups attached to an aromatic ring is 1. The number of fused-ring (bicyclic) bond motifs is 2. The molecule has 120 valence electrons. The van der Waals surface area contributed by atoms with Crippen molar-refractivity contribution in [2.75, 3.05) is 5.73 Å². The van der Waals surface area contributed by atoms with Gasteiger partial charge in [-0.25, -0.2) is 4.98 Å². The molecular weight excluding hydrogens is 346 g/mol. The van der Waals surface area contributed by atoms with Crippen LogP contribution in [0.3, 0.4) is 0 Å². The van der Waals surface area contributed by atoms with Gasteiger partial charge in [0.2, 0.25) is 11.0 Å². The minimum Gasteiger partial charge on any atom is -0.461 e. The van der Waals surface area contributed by atoms with Gasteiger partial charge >= 0.3 is 0 Å². The second-order valence-electron chi connectivity index (χ2n) is 5.33. The van der Waals surface area contributed by atoms with E-state index in [1.54, 1.807) is 10.8 Å². The molecule has 0 spiro atoms. The highest BCUT2D eigenvalue weighted by molar-refractivity contribution is 8.01. The number of aromatic nitrogens is 6. The van der Waals surface area contributed by atoms with Gasteiger partial charge in [-0.3, -0.25) is 0 Å². The van der Waals surface area contributed by atoms with Crippen molar-refractivity contribution < 1.29 is 4.42 Å². The Balaban J connectivity index is 1.70. The molecule has 0 fully saturated rings. The number of furan rings is 1. The molecule has 0 atom stereocenters. The molecule has 0 saturated carbocycles. The van der Waals surface area contributed by atoms with Crippen LogP contribution in [0.1, 0.15) is 17.7 Å². The molecule has 8 nitrogen and oxygen atoms in total. The molecular formula is C14H11N7OS2. The van der Waals surface area contributed by atoms with Crippen LogP contribution in [-0.4, -0.2) is 29.8 Å². The largest absolute Gasteiger partial charge is 0.461 e. The normalized spacial score (nSPS) is 13.7. The van der Waals surface area contributed by atoms with Crippen LogP contribution in [0.2, 0.25) is 0 Å². The summed E-state index contributed by atoms with van der Waals surface area (Å²) in [5, 5.41) is 14.0. The maximum Gasteiger partial charge on any atom is 0.254 e.